The number of amides is 1. The van der Waals surface area contributed by atoms with E-state index >= 15 is 0 Å². The summed E-state index contributed by atoms with van der Waals surface area (Å²) >= 11 is 0. The van der Waals surface area contributed by atoms with E-state index in [2.05, 4.69) is 10.3 Å². The van der Waals surface area contributed by atoms with Crippen molar-refractivity contribution in [1.29, 1.82) is 0 Å². The summed E-state index contributed by atoms with van der Waals surface area (Å²) < 4.78 is 40.5. The normalized spacial score (nSPS) is 21.0. The lowest BCUT2D eigenvalue weighted by atomic mass is 9.99. The quantitative estimate of drug-likeness (QED) is 0.523. The molecule has 1 atom stereocenters. The van der Waals surface area contributed by atoms with Crippen LogP contribution in [0, 0.1) is 5.92 Å². The van der Waals surface area contributed by atoms with Crippen molar-refractivity contribution in [2.45, 2.75) is 31.7 Å². The summed E-state index contributed by atoms with van der Waals surface area (Å²) in [5, 5.41) is 3.46. The fraction of sp³-hybridized carbons (Fsp3) is 0.538. The second kappa shape index (κ2) is 10.8. The third kappa shape index (κ3) is 5.02. The molecule has 6 rings (SSSR count). The Kier molecular flexibility index (Phi) is 7.07. The van der Waals surface area contributed by atoms with Crippen molar-refractivity contribution in [2.75, 3.05) is 62.8 Å². The number of imidazole rings is 1. The van der Waals surface area contributed by atoms with Gasteiger partial charge in [-0.25, -0.2) is 13.8 Å². The molecular formula is C26H31F2N7O3. The van der Waals surface area contributed by atoms with E-state index in [4.69, 9.17) is 19.4 Å². The number of likely N-dealkylation sites (tertiary alicyclic amines) is 1. The average molecular weight is 528 g/mol. The van der Waals surface area contributed by atoms with Gasteiger partial charge < -0.3 is 24.6 Å². The molecule has 1 amide bonds. The Hall–Kier alpha value is -3.38. The fourth-order valence-electron chi connectivity index (χ4n) is 5.44. The molecular weight excluding hydrogens is 496 g/mol. The lowest BCUT2D eigenvalue weighted by Crippen LogP contribution is -2.38. The molecule has 1 aromatic carbocycles. The zero-order valence-corrected chi connectivity index (χ0v) is 21.1. The van der Waals surface area contributed by atoms with Gasteiger partial charge in [-0.15, -0.1) is 0 Å². The van der Waals surface area contributed by atoms with Crippen LogP contribution in [0.15, 0.2) is 30.3 Å². The first-order valence-corrected chi connectivity index (χ1v) is 13.2. The highest BCUT2D eigenvalue weighted by molar-refractivity contribution is 5.79. The summed E-state index contributed by atoms with van der Waals surface area (Å²) in [5.41, 5.74) is 1.02. The number of ether oxygens (including phenoxy) is 2. The Balaban J connectivity index is 1.30. The maximum atomic E-state index is 14.1. The number of alkyl halides is 2. The molecule has 0 saturated carbocycles. The van der Waals surface area contributed by atoms with Gasteiger partial charge in [-0.3, -0.25) is 9.36 Å². The number of halogens is 2. The Bertz CT molecular complexity index is 1290. The highest BCUT2D eigenvalue weighted by Crippen LogP contribution is 2.30. The minimum absolute atomic E-state index is 0.00631. The molecule has 10 nitrogen and oxygen atoms in total. The smallest absolute Gasteiger partial charge is 0.296 e. The topological polar surface area (TPSA) is 97.6 Å². The van der Waals surface area contributed by atoms with Crippen LogP contribution in [0.2, 0.25) is 0 Å². The number of anilines is 2. The van der Waals surface area contributed by atoms with Crippen molar-refractivity contribution in [1.82, 2.24) is 24.4 Å². The van der Waals surface area contributed by atoms with Crippen LogP contribution in [0.5, 0.6) is 0 Å². The summed E-state index contributed by atoms with van der Waals surface area (Å²) in [6.45, 7) is 4.78. The van der Waals surface area contributed by atoms with Gasteiger partial charge in [0.15, 0.2) is 5.82 Å². The van der Waals surface area contributed by atoms with Gasteiger partial charge in [0.05, 0.1) is 24.2 Å². The van der Waals surface area contributed by atoms with Crippen LogP contribution in [0.4, 0.5) is 20.5 Å². The number of benzene rings is 1. The van der Waals surface area contributed by atoms with Crippen molar-refractivity contribution >= 4 is 28.7 Å². The van der Waals surface area contributed by atoms with Crippen molar-refractivity contribution in [3.8, 4) is 5.82 Å². The zero-order chi connectivity index (χ0) is 26.1. The van der Waals surface area contributed by atoms with Gasteiger partial charge in [0.1, 0.15) is 11.6 Å². The third-order valence-electron chi connectivity index (χ3n) is 7.43. The van der Waals surface area contributed by atoms with Crippen molar-refractivity contribution < 1.29 is 23.0 Å². The second-order valence-corrected chi connectivity index (χ2v) is 9.91. The number of hydrogen-bond acceptors (Lipinski definition) is 8. The molecule has 0 bridgehead atoms. The predicted octanol–water partition coefficient (Wildman–Crippen LogP) is 3.03. The van der Waals surface area contributed by atoms with Gasteiger partial charge >= 0.3 is 0 Å². The molecule has 3 aliphatic heterocycles. The number of nitrogens with one attached hydrogen (secondary N) is 1. The molecule has 38 heavy (non-hydrogen) atoms. The monoisotopic (exact) mass is 527 g/mol. The molecule has 5 heterocycles. The molecule has 0 radical (unpaired) electrons. The number of morpholine rings is 1. The van der Waals surface area contributed by atoms with Crippen LogP contribution in [-0.4, -0.2) is 89.0 Å². The molecule has 3 aromatic rings. The number of para-hydroxylation sites is 2. The Morgan fingerprint density at radius 2 is 1.74 bits per heavy atom. The van der Waals surface area contributed by atoms with Gasteiger partial charge in [-0.1, -0.05) is 12.1 Å². The highest BCUT2D eigenvalue weighted by Gasteiger charge is 2.32. The summed E-state index contributed by atoms with van der Waals surface area (Å²) in [6.07, 6.45) is -0.481. The maximum absolute atomic E-state index is 14.1. The summed E-state index contributed by atoms with van der Waals surface area (Å²) in [6, 6.07) is 8.72. The van der Waals surface area contributed by atoms with Gasteiger partial charge in [0.25, 0.3) is 6.43 Å². The van der Waals surface area contributed by atoms with E-state index in [0.29, 0.717) is 81.2 Å². The molecule has 3 saturated heterocycles. The Morgan fingerprint density at radius 1 is 0.974 bits per heavy atom. The number of aromatic nitrogens is 4. The van der Waals surface area contributed by atoms with E-state index in [1.165, 1.54) is 4.57 Å². The number of carbonyl (C=O) groups is 1. The molecule has 0 aliphatic carbocycles. The number of nitrogens with zero attached hydrogens (tertiary/aromatic N) is 6. The molecule has 3 aliphatic rings. The lowest BCUT2D eigenvalue weighted by Gasteiger charge is -2.28. The molecule has 1 unspecified atom stereocenters. The Morgan fingerprint density at radius 3 is 2.53 bits per heavy atom. The van der Waals surface area contributed by atoms with Crippen LogP contribution in [0.3, 0.4) is 0 Å². The maximum Gasteiger partial charge on any atom is 0.296 e. The first-order valence-electron chi connectivity index (χ1n) is 13.2. The SMILES string of the molecule is O=C(C1CCOCC1)N1CCC(Nc2cc(-n3c(C(F)F)nc4ccccc43)nc(N3CCOCC3)n2)C1. The van der Waals surface area contributed by atoms with E-state index in [1.807, 2.05) is 9.80 Å². The number of hydrogen-bond donors (Lipinski definition) is 1. The molecule has 3 fully saturated rings. The van der Waals surface area contributed by atoms with Crippen molar-refractivity contribution in [3.63, 3.8) is 0 Å². The summed E-state index contributed by atoms with van der Waals surface area (Å²) in [7, 11) is 0. The van der Waals surface area contributed by atoms with Gasteiger partial charge in [0.2, 0.25) is 11.9 Å². The highest BCUT2D eigenvalue weighted by atomic mass is 19.3. The van der Waals surface area contributed by atoms with Crippen LogP contribution in [0.25, 0.3) is 16.9 Å². The van der Waals surface area contributed by atoms with Crippen LogP contribution < -0.4 is 10.2 Å². The minimum atomic E-state index is -2.78. The van der Waals surface area contributed by atoms with Crippen molar-refractivity contribution in [2.24, 2.45) is 5.92 Å². The number of rotatable bonds is 6. The molecule has 202 valence electrons. The van der Waals surface area contributed by atoms with Crippen LogP contribution in [-0.2, 0) is 14.3 Å². The van der Waals surface area contributed by atoms with Gasteiger partial charge in [-0.05, 0) is 31.4 Å². The average Bonchev–Trinajstić information content (AvgIpc) is 3.58. The van der Waals surface area contributed by atoms with E-state index in [1.54, 1.807) is 30.3 Å². The summed E-state index contributed by atoms with van der Waals surface area (Å²) in [5.74, 6) is 1.13. The second-order valence-electron chi connectivity index (χ2n) is 9.91. The summed E-state index contributed by atoms with van der Waals surface area (Å²) in [4.78, 5) is 30.6. The molecule has 12 heteroatoms. The first-order chi connectivity index (χ1) is 18.6. The van der Waals surface area contributed by atoms with E-state index < -0.39 is 6.43 Å². The van der Waals surface area contributed by atoms with E-state index in [-0.39, 0.29) is 23.7 Å². The van der Waals surface area contributed by atoms with Gasteiger partial charge in [-0.2, -0.15) is 9.97 Å². The van der Waals surface area contributed by atoms with Crippen LogP contribution >= 0.6 is 0 Å². The number of fused-ring (bicyclic) bond motifs is 1. The van der Waals surface area contributed by atoms with Crippen molar-refractivity contribution in [3.05, 3.63) is 36.2 Å². The van der Waals surface area contributed by atoms with E-state index in [9.17, 15) is 13.6 Å². The van der Waals surface area contributed by atoms with Gasteiger partial charge in [0, 0.05) is 57.4 Å². The van der Waals surface area contributed by atoms with E-state index in [0.717, 1.165) is 19.3 Å². The molecule has 1 N–H and O–H groups in total. The lowest BCUT2D eigenvalue weighted by molar-refractivity contribution is -0.137. The zero-order valence-electron chi connectivity index (χ0n) is 21.1. The Labute approximate surface area is 218 Å². The van der Waals surface area contributed by atoms with Crippen LogP contribution in [0.1, 0.15) is 31.5 Å². The number of carbonyl (C=O) groups excluding carboxylic acids is 1. The standard InChI is InChI=1S/C26H31F2N7O3/c27-23(28)24-30-19-3-1-2-4-20(19)35(24)22-15-21(31-26(32-22)33-9-13-38-14-10-33)29-18-5-8-34(16-18)25(36)17-6-11-37-12-7-17/h1-4,15,17-18,23H,5-14,16H2,(H,29,31,32). The minimum Gasteiger partial charge on any atom is -0.381 e. The fourth-order valence-corrected chi connectivity index (χ4v) is 5.44. The predicted molar refractivity (Wildman–Crippen MR) is 137 cm³/mol. The largest absolute Gasteiger partial charge is 0.381 e. The molecule has 2 aromatic heterocycles. The first kappa shape index (κ1) is 24.9. The molecule has 0 spiro atoms. The third-order valence-corrected chi connectivity index (χ3v) is 7.43.